The number of aryl methyl sites for hydroxylation is 1. The smallest absolute Gasteiger partial charge is 0.355 e. The van der Waals surface area contributed by atoms with Crippen molar-refractivity contribution in [3.05, 3.63) is 23.5 Å². The summed E-state index contributed by atoms with van der Waals surface area (Å²) in [6, 6.07) is 1.91. The maximum atomic E-state index is 12.0. The number of esters is 1. The second-order valence-electron chi connectivity index (χ2n) is 5.30. The second-order valence-corrected chi connectivity index (χ2v) is 5.30. The summed E-state index contributed by atoms with van der Waals surface area (Å²) in [4.78, 5) is 23.9. The fourth-order valence-corrected chi connectivity index (χ4v) is 1.81. The maximum absolute atomic E-state index is 12.0. The van der Waals surface area contributed by atoms with Crippen molar-refractivity contribution >= 4 is 11.9 Å². The average Bonchev–Trinajstić information content (AvgIpc) is 2.70. The molecule has 1 amide bonds. The van der Waals surface area contributed by atoms with Gasteiger partial charge < -0.3 is 14.6 Å². The maximum Gasteiger partial charge on any atom is 0.355 e. The predicted octanol–water partition coefficient (Wildman–Crippen LogP) is 2.13. The minimum absolute atomic E-state index is 0.102. The van der Waals surface area contributed by atoms with Crippen LogP contribution in [0.2, 0.25) is 0 Å². The number of amides is 1. The van der Waals surface area contributed by atoms with Gasteiger partial charge in [-0.25, -0.2) is 4.79 Å². The van der Waals surface area contributed by atoms with Crippen molar-refractivity contribution in [3.63, 3.8) is 0 Å². The van der Waals surface area contributed by atoms with Crippen molar-refractivity contribution < 1.29 is 14.3 Å². The van der Waals surface area contributed by atoms with Gasteiger partial charge in [-0.3, -0.25) is 4.79 Å². The first-order valence-corrected chi connectivity index (χ1v) is 6.99. The third-order valence-electron chi connectivity index (χ3n) is 3.34. The normalized spacial score (nSPS) is 12.3. The second kappa shape index (κ2) is 7.12. The van der Waals surface area contributed by atoms with Crippen molar-refractivity contribution in [2.75, 3.05) is 6.61 Å². The van der Waals surface area contributed by atoms with E-state index < -0.39 is 0 Å². The van der Waals surface area contributed by atoms with Gasteiger partial charge in [0.05, 0.1) is 6.61 Å². The molecule has 0 spiro atoms. The highest BCUT2D eigenvalue weighted by molar-refractivity contribution is 5.90. The number of ether oxygens (including phenoxy) is 1. The molecule has 1 aromatic rings. The van der Waals surface area contributed by atoms with Gasteiger partial charge in [0.15, 0.2) is 0 Å². The summed E-state index contributed by atoms with van der Waals surface area (Å²) in [6.07, 6.45) is 1.74. The zero-order chi connectivity index (χ0) is 15.3. The molecule has 1 unspecified atom stereocenters. The molecule has 0 aliphatic carbocycles. The van der Waals surface area contributed by atoms with E-state index in [4.69, 9.17) is 4.74 Å². The Hall–Kier alpha value is -1.78. The van der Waals surface area contributed by atoms with Crippen molar-refractivity contribution in [3.8, 4) is 0 Å². The van der Waals surface area contributed by atoms with E-state index in [9.17, 15) is 9.59 Å². The van der Waals surface area contributed by atoms with Crippen LogP contribution in [0.15, 0.2) is 12.3 Å². The number of nitrogens with one attached hydrogen (secondary N) is 1. The first-order chi connectivity index (χ1) is 9.36. The van der Waals surface area contributed by atoms with E-state index in [1.807, 2.05) is 19.9 Å². The summed E-state index contributed by atoms with van der Waals surface area (Å²) in [5.41, 5.74) is 1.26. The Balaban J connectivity index is 2.78. The van der Waals surface area contributed by atoms with E-state index in [0.29, 0.717) is 18.2 Å². The van der Waals surface area contributed by atoms with Crippen LogP contribution in [0.4, 0.5) is 0 Å². The van der Waals surface area contributed by atoms with Gasteiger partial charge in [-0.15, -0.1) is 0 Å². The van der Waals surface area contributed by atoms with Crippen LogP contribution in [0.5, 0.6) is 0 Å². The van der Waals surface area contributed by atoms with E-state index in [2.05, 4.69) is 19.2 Å². The SMILES string of the molecule is CCOC(=O)c1c(C)ccn1CC(=O)NC(C)C(C)C. The van der Waals surface area contributed by atoms with Crippen LogP contribution < -0.4 is 5.32 Å². The number of aromatic nitrogens is 1. The number of carbonyl (C=O) groups excluding carboxylic acids is 2. The first-order valence-electron chi connectivity index (χ1n) is 6.99. The molecule has 1 heterocycles. The number of hydrogen-bond donors (Lipinski definition) is 1. The molecule has 0 aliphatic rings. The number of nitrogens with zero attached hydrogens (tertiary/aromatic N) is 1. The highest BCUT2D eigenvalue weighted by Crippen LogP contribution is 2.12. The average molecular weight is 280 g/mol. The van der Waals surface area contributed by atoms with Gasteiger partial charge in [0.2, 0.25) is 5.91 Å². The molecule has 0 fully saturated rings. The molecule has 0 aromatic carbocycles. The molecule has 1 rings (SSSR count). The van der Waals surface area contributed by atoms with Crippen molar-refractivity contribution in [2.45, 2.75) is 47.2 Å². The van der Waals surface area contributed by atoms with E-state index in [1.165, 1.54) is 0 Å². The quantitative estimate of drug-likeness (QED) is 0.812. The van der Waals surface area contributed by atoms with Crippen molar-refractivity contribution in [1.29, 1.82) is 0 Å². The van der Waals surface area contributed by atoms with Crippen LogP contribution in [0.25, 0.3) is 0 Å². The summed E-state index contributed by atoms with van der Waals surface area (Å²) in [7, 11) is 0. The lowest BCUT2D eigenvalue weighted by molar-refractivity contribution is -0.122. The minimum Gasteiger partial charge on any atom is -0.461 e. The monoisotopic (exact) mass is 280 g/mol. The molecule has 1 aromatic heterocycles. The van der Waals surface area contributed by atoms with Crippen LogP contribution in [-0.4, -0.2) is 29.1 Å². The molecular weight excluding hydrogens is 256 g/mol. The van der Waals surface area contributed by atoms with Gasteiger partial charge in [-0.05, 0) is 38.3 Å². The molecule has 1 N–H and O–H groups in total. The first kappa shape index (κ1) is 16.3. The Morgan fingerprint density at radius 3 is 2.55 bits per heavy atom. The highest BCUT2D eigenvalue weighted by Gasteiger charge is 2.18. The molecule has 5 nitrogen and oxygen atoms in total. The van der Waals surface area contributed by atoms with Gasteiger partial charge in [0, 0.05) is 12.2 Å². The Morgan fingerprint density at radius 2 is 2.00 bits per heavy atom. The zero-order valence-corrected chi connectivity index (χ0v) is 12.9. The van der Waals surface area contributed by atoms with E-state index >= 15 is 0 Å². The van der Waals surface area contributed by atoms with Crippen LogP contribution in [0, 0.1) is 12.8 Å². The molecule has 5 heteroatoms. The minimum atomic E-state index is -0.389. The van der Waals surface area contributed by atoms with Crippen LogP contribution in [0.1, 0.15) is 43.7 Å². The van der Waals surface area contributed by atoms with Gasteiger partial charge in [-0.2, -0.15) is 0 Å². The fourth-order valence-electron chi connectivity index (χ4n) is 1.81. The van der Waals surface area contributed by atoms with Crippen molar-refractivity contribution in [1.82, 2.24) is 9.88 Å². The number of hydrogen-bond acceptors (Lipinski definition) is 3. The molecule has 0 saturated carbocycles. The van der Waals surface area contributed by atoms with Gasteiger partial charge in [-0.1, -0.05) is 13.8 Å². The lowest BCUT2D eigenvalue weighted by Crippen LogP contribution is -2.38. The summed E-state index contributed by atoms with van der Waals surface area (Å²) in [6.45, 7) is 10.1. The summed E-state index contributed by atoms with van der Waals surface area (Å²) < 4.78 is 6.65. The molecular formula is C15H24N2O3. The summed E-state index contributed by atoms with van der Waals surface area (Å²) in [5, 5.41) is 2.92. The molecule has 112 valence electrons. The molecule has 0 saturated heterocycles. The van der Waals surface area contributed by atoms with Crippen LogP contribution >= 0.6 is 0 Å². The molecule has 0 bridgehead atoms. The highest BCUT2D eigenvalue weighted by atomic mass is 16.5. The third kappa shape index (κ3) is 4.11. The molecule has 0 aliphatic heterocycles. The molecule has 0 radical (unpaired) electrons. The zero-order valence-electron chi connectivity index (χ0n) is 12.9. The predicted molar refractivity (Wildman–Crippen MR) is 77.6 cm³/mol. The summed E-state index contributed by atoms with van der Waals surface area (Å²) in [5.74, 6) is -0.123. The number of rotatable bonds is 6. The lowest BCUT2D eigenvalue weighted by Gasteiger charge is -2.18. The lowest BCUT2D eigenvalue weighted by atomic mass is 10.1. The van der Waals surface area contributed by atoms with E-state index in [0.717, 1.165) is 5.56 Å². The Labute approximate surface area is 120 Å². The van der Waals surface area contributed by atoms with Gasteiger partial charge >= 0.3 is 5.97 Å². The van der Waals surface area contributed by atoms with Crippen molar-refractivity contribution in [2.24, 2.45) is 5.92 Å². The Kier molecular flexibility index (Phi) is 5.80. The molecule has 1 atom stereocenters. The van der Waals surface area contributed by atoms with E-state index in [1.54, 1.807) is 17.7 Å². The molecule has 20 heavy (non-hydrogen) atoms. The summed E-state index contributed by atoms with van der Waals surface area (Å²) >= 11 is 0. The largest absolute Gasteiger partial charge is 0.461 e. The fraction of sp³-hybridized carbons (Fsp3) is 0.600. The number of carbonyl (C=O) groups is 2. The third-order valence-corrected chi connectivity index (χ3v) is 3.34. The topological polar surface area (TPSA) is 60.3 Å². The van der Waals surface area contributed by atoms with E-state index in [-0.39, 0.29) is 24.5 Å². The van der Waals surface area contributed by atoms with Gasteiger partial charge in [0.1, 0.15) is 12.2 Å². The Bertz CT molecular complexity index is 477. The Morgan fingerprint density at radius 1 is 1.35 bits per heavy atom. The van der Waals surface area contributed by atoms with Gasteiger partial charge in [0.25, 0.3) is 0 Å². The standard InChI is InChI=1S/C15H24N2O3/c1-6-20-15(19)14-11(4)7-8-17(14)9-13(18)16-12(5)10(2)3/h7-8,10,12H,6,9H2,1-5H3,(H,16,18). The van der Waals surface area contributed by atoms with Crippen LogP contribution in [-0.2, 0) is 16.1 Å². The van der Waals surface area contributed by atoms with Crippen LogP contribution in [0.3, 0.4) is 0 Å².